The van der Waals surface area contributed by atoms with Crippen LogP contribution in [0.5, 0.6) is 0 Å². The first-order valence-corrected chi connectivity index (χ1v) is 8.97. The lowest BCUT2D eigenvalue weighted by Crippen LogP contribution is -2.55. The maximum absolute atomic E-state index is 12.8. The molecule has 20 heavy (non-hydrogen) atoms. The van der Waals surface area contributed by atoms with Crippen molar-refractivity contribution < 1.29 is 4.79 Å². The summed E-state index contributed by atoms with van der Waals surface area (Å²) >= 11 is 0. The van der Waals surface area contributed by atoms with E-state index in [0.29, 0.717) is 23.9 Å². The van der Waals surface area contributed by atoms with Crippen molar-refractivity contribution in [3.8, 4) is 0 Å². The lowest BCUT2D eigenvalue weighted by Gasteiger charge is -2.47. The summed E-state index contributed by atoms with van der Waals surface area (Å²) in [6, 6.07) is 0.907. The second-order valence-corrected chi connectivity index (χ2v) is 7.23. The summed E-state index contributed by atoms with van der Waals surface area (Å²) in [6.45, 7) is 6.62. The largest absolute Gasteiger partial charge is 0.337 e. The Hall–Kier alpha value is -0.530. The Morgan fingerprint density at radius 1 is 1.10 bits per heavy atom. The molecule has 116 valence electrons. The van der Waals surface area contributed by atoms with Crippen LogP contribution in [0.4, 0.5) is 0 Å². The summed E-state index contributed by atoms with van der Waals surface area (Å²) in [5, 5.41) is 0. The van der Waals surface area contributed by atoms with E-state index in [0.717, 1.165) is 18.8 Å². The van der Waals surface area contributed by atoms with Gasteiger partial charge in [-0.25, -0.2) is 0 Å². The third-order valence-corrected chi connectivity index (χ3v) is 5.36. The average molecular weight is 279 g/mol. The van der Waals surface area contributed by atoms with Crippen molar-refractivity contribution >= 4 is 5.91 Å². The van der Waals surface area contributed by atoms with Crippen molar-refractivity contribution in [2.45, 2.75) is 97.1 Å². The fourth-order valence-electron chi connectivity index (χ4n) is 4.43. The molecule has 2 rings (SSSR count). The Balaban J connectivity index is 2.17. The molecule has 0 bridgehead atoms. The van der Waals surface area contributed by atoms with E-state index in [-0.39, 0.29) is 0 Å². The van der Waals surface area contributed by atoms with E-state index in [9.17, 15) is 4.79 Å². The zero-order valence-electron chi connectivity index (χ0n) is 13.7. The highest BCUT2D eigenvalue weighted by Crippen LogP contribution is 2.38. The summed E-state index contributed by atoms with van der Waals surface area (Å²) in [6.07, 6.45) is 12.8. The molecular weight excluding hydrogens is 246 g/mol. The zero-order chi connectivity index (χ0) is 14.5. The summed E-state index contributed by atoms with van der Waals surface area (Å²) in [5.74, 6) is 1.54. The molecule has 2 fully saturated rings. The van der Waals surface area contributed by atoms with Crippen LogP contribution in [0.3, 0.4) is 0 Å². The number of carbonyl (C=O) groups excluding carboxylic acids is 1. The quantitative estimate of drug-likeness (QED) is 0.728. The van der Waals surface area contributed by atoms with Crippen LogP contribution in [-0.4, -0.2) is 22.9 Å². The molecule has 0 radical (unpaired) electrons. The van der Waals surface area contributed by atoms with Crippen LogP contribution >= 0.6 is 0 Å². The fraction of sp³-hybridized carbons (Fsp3) is 0.944. The second kappa shape index (κ2) is 7.47. The van der Waals surface area contributed by atoms with E-state index in [4.69, 9.17) is 0 Å². The van der Waals surface area contributed by atoms with Gasteiger partial charge in [-0.05, 0) is 45.4 Å². The van der Waals surface area contributed by atoms with Crippen molar-refractivity contribution in [1.82, 2.24) is 4.90 Å². The summed E-state index contributed by atoms with van der Waals surface area (Å²) < 4.78 is 0. The molecule has 1 amide bonds. The number of hydrogen-bond donors (Lipinski definition) is 0. The number of amides is 1. The van der Waals surface area contributed by atoms with Gasteiger partial charge >= 0.3 is 0 Å². The van der Waals surface area contributed by atoms with Gasteiger partial charge in [0.2, 0.25) is 5.91 Å². The van der Waals surface area contributed by atoms with Crippen LogP contribution in [0.1, 0.15) is 85.0 Å². The van der Waals surface area contributed by atoms with Crippen LogP contribution in [-0.2, 0) is 4.79 Å². The van der Waals surface area contributed by atoms with Crippen molar-refractivity contribution in [3.63, 3.8) is 0 Å². The number of nitrogens with zero attached hydrogens (tertiary/aromatic N) is 1. The number of likely N-dealkylation sites (tertiary alicyclic amines) is 1. The lowest BCUT2D eigenvalue weighted by atomic mass is 9.76. The van der Waals surface area contributed by atoms with Crippen molar-refractivity contribution in [1.29, 1.82) is 0 Å². The molecule has 1 aliphatic heterocycles. The Kier molecular flexibility index (Phi) is 5.92. The van der Waals surface area contributed by atoms with Gasteiger partial charge in [0.1, 0.15) is 0 Å². The molecule has 2 nitrogen and oxygen atoms in total. The summed E-state index contributed by atoms with van der Waals surface area (Å²) in [4.78, 5) is 15.1. The van der Waals surface area contributed by atoms with Crippen LogP contribution in [0.2, 0.25) is 0 Å². The molecule has 0 N–H and O–H groups in total. The van der Waals surface area contributed by atoms with Gasteiger partial charge in [-0.2, -0.15) is 0 Å². The van der Waals surface area contributed by atoms with Crippen molar-refractivity contribution in [2.75, 3.05) is 0 Å². The third kappa shape index (κ3) is 3.56. The predicted octanol–water partition coefficient (Wildman–Crippen LogP) is 4.77. The van der Waals surface area contributed by atoms with E-state index in [2.05, 4.69) is 25.7 Å². The van der Waals surface area contributed by atoms with Gasteiger partial charge in [-0.15, -0.1) is 0 Å². The molecule has 2 heteroatoms. The summed E-state index contributed by atoms with van der Waals surface area (Å²) in [7, 11) is 0. The highest BCUT2D eigenvalue weighted by Gasteiger charge is 2.41. The Morgan fingerprint density at radius 2 is 1.75 bits per heavy atom. The smallest absolute Gasteiger partial charge is 0.226 e. The molecule has 0 aromatic heterocycles. The van der Waals surface area contributed by atoms with E-state index in [1.54, 1.807) is 0 Å². The highest BCUT2D eigenvalue weighted by atomic mass is 16.2. The highest BCUT2D eigenvalue weighted by molar-refractivity contribution is 5.80. The van der Waals surface area contributed by atoms with Crippen LogP contribution in [0, 0.1) is 11.8 Å². The molecule has 0 spiro atoms. The van der Waals surface area contributed by atoms with Gasteiger partial charge in [-0.1, -0.05) is 45.4 Å². The molecular formula is C18H33NO. The van der Waals surface area contributed by atoms with E-state index in [1.807, 2.05) is 0 Å². The van der Waals surface area contributed by atoms with Gasteiger partial charge < -0.3 is 4.90 Å². The first-order chi connectivity index (χ1) is 9.65. The predicted molar refractivity (Wildman–Crippen MR) is 84.6 cm³/mol. The Labute approximate surface area is 125 Å². The van der Waals surface area contributed by atoms with Crippen LogP contribution in [0.15, 0.2) is 0 Å². The Morgan fingerprint density at radius 3 is 2.40 bits per heavy atom. The fourth-order valence-corrected chi connectivity index (χ4v) is 4.43. The van der Waals surface area contributed by atoms with Crippen LogP contribution in [0.25, 0.3) is 0 Å². The monoisotopic (exact) mass is 279 g/mol. The van der Waals surface area contributed by atoms with Gasteiger partial charge in [0.25, 0.3) is 0 Å². The minimum absolute atomic E-state index is 0.310. The molecule has 1 saturated carbocycles. The molecule has 0 aromatic rings. The van der Waals surface area contributed by atoms with E-state index < -0.39 is 0 Å². The number of hydrogen-bond acceptors (Lipinski definition) is 1. The third-order valence-electron chi connectivity index (χ3n) is 5.36. The molecule has 0 aromatic carbocycles. The average Bonchev–Trinajstić information content (AvgIpc) is 2.51. The minimum atomic E-state index is 0.310. The lowest BCUT2D eigenvalue weighted by molar-refractivity contribution is -0.148. The molecule has 1 saturated heterocycles. The topological polar surface area (TPSA) is 20.3 Å². The number of fused-ring (bicyclic) bond motifs is 1. The van der Waals surface area contributed by atoms with Crippen molar-refractivity contribution in [2.24, 2.45) is 11.8 Å². The molecule has 3 atom stereocenters. The summed E-state index contributed by atoms with van der Waals surface area (Å²) in [5.41, 5.74) is 0. The van der Waals surface area contributed by atoms with Gasteiger partial charge in [0.15, 0.2) is 0 Å². The second-order valence-electron chi connectivity index (χ2n) is 7.23. The number of rotatable bonds is 3. The molecule has 3 unspecified atom stereocenters. The number of piperidine rings is 1. The first kappa shape index (κ1) is 15.9. The maximum atomic E-state index is 12.8. The van der Waals surface area contributed by atoms with Crippen LogP contribution < -0.4 is 0 Å². The Bertz CT molecular complexity index is 313. The van der Waals surface area contributed by atoms with Gasteiger partial charge in [0, 0.05) is 18.0 Å². The molecule has 2 aliphatic rings. The first-order valence-electron chi connectivity index (χ1n) is 8.97. The molecule has 1 heterocycles. The van der Waals surface area contributed by atoms with Gasteiger partial charge in [0.05, 0.1) is 0 Å². The maximum Gasteiger partial charge on any atom is 0.226 e. The van der Waals surface area contributed by atoms with Crippen molar-refractivity contribution in [3.05, 3.63) is 0 Å². The SMILES string of the molecule is CCCC1CC2CCCCCCCC2N(C(C)C)C1=O. The minimum Gasteiger partial charge on any atom is -0.337 e. The number of carbonyl (C=O) groups is 1. The van der Waals surface area contributed by atoms with E-state index >= 15 is 0 Å². The molecule has 1 aliphatic carbocycles. The standard InChI is InChI=1S/C18H33NO/c1-4-10-16-13-15-11-8-6-5-7-9-12-17(15)19(14(2)3)18(16)20/h14-17H,4-13H2,1-3H3. The van der Waals surface area contributed by atoms with Gasteiger partial charge in [-0.3, -0.25) is 4.79 Å². The zero-order valence-corrected chi connectivity index (χ0v) is 13.7. The van der Waals surface area contributed by atoms with E-state index in [1.165, 1.54) is 51.4 Å². The normalized spacial score (nSPS) is 32.5.